The SMILES string of the molecule is CC(C)C1NNC(C(=O)Nc2ncccc2OCC2CCCCC2)C1Br. The number of hydrogen-bond acceptors (Lipinski definition) is 5. The minimum absolute atomic E-state index is 0.0119. The van der Waals surface area contributed by atoms with Crippen molar-refractivity contribution in [3.05, 3.63) is 18.3 Å². The van der Waals surface area contributed by atoms with Gasteiger partial charge in [-0.2, -0.15) is 0 Å². The Kier molecular flexibility index (Phi) is 6.89. The van der Waals surface area contributed by atoms with Crippen molar-refractivity contribution in [1.82, 2.24) is 15.8 Å². The van der Waals surface area contributed by atoms with Crippen LogP contribution < -0.4 is 20.9 Å². The number of hydrazine groups is 1. The lowest BCUT2D eigenvalue weighted by atomic mass is 9.90. The van der Waals surface area contributed by atoms with Crippen LogP contribution in [0.15, 0.2) is 18.3 Å². The molecular weight excluding hydrogens is 396 g/mol. The van der Waals surface area contributed by atoms with Crippen molar-refractivity contribution >= 4 is 27.7 Å². The number of carbonyl (C=O) groups excluding carboxylic acids is 1. The van der Waals surface area contributed by atoms with Crippen LogP contribution in [-0.4, -0.2) is 34.4 Å². The summed E-state index contributed by atoms with van der Waals surface area (Å²) in [6.45, 7) is 4.95. The zero-order valence-electron chi connectivity index (χ0n) is 15.5. The number of amides is 1. The van der Waals surface area contributed by atoms with Crippen molar-refractivity contribution in [1.29, 1.82) is 0 Å². The van der Waals surface area contributed by atoms with Gasteiger partial charge in [0.25, 0.3) is 0 Å². The standard InChI is InChI=1S/C19H29BrN4O2/c1-12(2)16-15(20)17(24-23-16)19(25)22-18-14(9-6-10-21-18)26-11-13-7-4-3-5-8-13/h6,9-10,12-13,15-17,23-24H,3-5,7-8,11H2,1-2H3,(H,21,22,25). The van der Waals surface area contributed by atoms with Crippen molar-refractivity contribution in [3.63, 3.8) is 0 Å². The third-order valence-corrected chi connectivity index (χ3v) is 6.38. The molecule has 144 valence electrons. The maximum Gasteiger partial charge on any atom is 0.245 e. The molecule has 3 N–H and O–H groups in total. The molecule has 0 radical (unpaired) electrons. The largest absolute Gasteiger partial charge is 0.489 e. The zero-order chi connectivity index (χ0) is 18.5. The van der Waals surface area contributed by atoms with Gasteiger partial charge in [-0.05, 0) is 36.8 Å². The molecule has 6 nitrogen and oxygen atoms in total. The Morgan fingerprint density at radius 2 is 2.12 bits per heavy atom. The minimum atomic E-state index is -0.365. The number of ether oxygens (including phenoxy) is 1. The van der Waals surface area contributed by atoms with Crippen LogP contribution >= 0.6 is 15.9 Å². The van der Waals surface area contributed by atoms with Gasteiger partial charge in [0.2, 0.25) is 5.91 Å². The maximum atomic E-state index is 12.7. The summed E-state index contributed by atoms with van der Waals surface area (Å²) in [5.41, 5.74) is 6.28. The Balaban J connectivity index is 1.60. The van der Waals surface area contributed by atoms with Gasteiger partial charge in [-0.15, -0.1) is 0 Å². The Labute approximate surface area is 164 Å². The van der Waals surface area contributed by atoms with Crippen LogP contribution in [0, 0.1) is 11.8 Å². The molecule has 7 heteroatoms. The Morgan fingerprint density at radius 3 is 2.81 bits per heavy atom. The number of halogens is 1. The molecule has 2 aliphatic rings. The minimum Gasteiger partial charge on any atom is -0.489 e. The van der Waals surface area contributed by atoms with E-state index in [0.29, 0.717) is 30.0 Å². The van der Waals surface area contributed by atoms with Gasteiger partial charge in [0, 0.05) is 12.2 Å². The van der Waals surface area contributed by atoms with Gasteiger partial charge < -0.3 is 10.1 Å². The van der Waals surface area contributed by atoms with Crippen LogP contribution in [0.1, 0.15) is 46.0 Å². The van der Waals surface area contributed by atoms with Crippen LogP contribution in [0.25, 0.3) is 0 Å². The highest BCUT2D eigenvalue weighted by molar-refractivity contribution is 9.09. The van der Waals surface area contributed by atoms with Crippen LogP contribution in [0.2, 0.25) is 0 Å². The van der Waals surface area contributed by atoms with Crippen molar-refractivity contribution in [2.45, 2.75) is 62.9 Å². The number of rotatable bonds is 6. The molecule has 1 aromatic rings. The first-order valence-corrected chi connectivity index (χ1v) is 10.5. The molecule has 3 rings (SSSR count). The number of pyridine rings is 1. The molecule has 1 saturated carbocycles. The number of nitrogens with zero attached hydrogens (tertiary/aromatic N) is 1. The van der Waals surface area contributed by atoms with Crippen LogP contribution in [0.5, 0.6) is 5.75 Å². The summed E-state index contributed by atoms with van der Waals surface area (Å²) >= 11 is 3.65. The van der Waals surface area contributed by atoms with E-state index in [4.69, 9.17) is 4.74 Å². The van der Waals surface area contributed by atoms with E-state index in [2.05, 4.69) is 50.9 Å². The Bertz CT molecular complexity index is 607. The van der Waals surface area contributed by atoms with Crippen molar-refractivity contribution < 1.29 is 9.53 Å². The van der Waals surface area contributed by atoms with E-state index in [1.807, 2.05) is 12.1 Å². The second-order valence-electron chi connectivity index (χ2n) is 7.64. The molecule has 0 bridgehead atoms. The maximum absolute atomic E-state index is 12.7. The average Bonchev–Trinajstić information content (AvgIpc) is 3.03. The fourth-order valence-electron chi connectivity index (χ4n) is 3.65. The van der Waals surface area contributed by atoms with Gasteiger partial charge in [-0.3, -0.25) is 10.2 Å². The molecule has 3 atom stereocenters. The molecule has 0 aromatic carbocycles. The highest BCUT2D eigenvalue weighted by Crippen LogP contribution is 2.28. The lowest BCUT2D eigenvalue weighted by Gasteiger charge is -2.22. The first-order valence-electron chi connectivity index (χ1n) is 9.60. The van der Waals surface area contributed by atoms with Gasteiger partial charge in [0.15, 0.2) is 11.6 Å². The van der Waals surface area contributed by atoms with E-state index in [-0.39, 0.29) is 22.8 Å². The molecule has 1 aliphatic heterocycles. The first-order chi connectivity index (χ1) is 12.6. The number of anilines is 1. The number of hydrogen-bond donors (Lipinski definition) is 3. The highest BCUT2D eigenvalue weighted by Gasteiger charge is 2.40. The van der Waals surface area contributed by atoms with E-state index < -0.39 is 0 Å². The van der Waals surface area contributed by atoms with Crippen molar-refractivity contribution in [3.8, 4) is 5.75 Å². The highest BCUT2D eigenvalue weighted by atomic mass is 79.9. The van der Waals surface area contributed by atoms with Crippen molar-refractivity contribution in [2.24, 2.45) is 11.8 Å². The van der Waals surface area contributed by atoms with Gasteiger partial charge >= 0.3 is 0 Å². The van der Waals surface area contributed by atoms with E-state index in [1.165, 1.54) is 32.1 Å². The summed E-state index contributed by atoms with van der Waals surface area (Å²) < 4.78 is 6.00. The van der Waals surface area contributed by atoms with Gasteiger partial charge in [0.1, 0.15) is 6.04 Å². The number of nitrogens with one attached hydrogen (secondary N) is 3. The summed E-state index contributed by atoms with van der Waals surface area (Å²) in [7, 11) is 0. The Hall–Kier alpha value is -1.18. The molecule has 2 heterocycles. The molecule has 1 aliphatic carbocycles. The number of alkyl halides is 1. The predicted octanol–water partition coefficient (Wildman–Crippen LogP) is 3.24. The molecule has 1 saturated heterocycles. The molecule has 26 heavy (non-hydrogen) atoms. The first kappa shape index (κ1) is 19.6. The third-order valence-electron chi connectivity index (χ3n) is 5.28. The third kappa shape index (κ3) is 4.75. The van der Waals surface area contributed by atoms with E-state index in [0.717, 1.165) is 0 Å². The molecule has 1 amide bonds. The molecular formula is C19H29BrN4O2. The van der Waals surface area contributed by atoms with Crippen LogP contribution in [0.4, 0.5) is 5.82 Å². The number of carbonyl (C=O) groups is 1. The topological polar surface area (TPSA) is 75.3 Å². The average molecular weight is 425 g/mol. The molecule has 1 aromatic heterocycles. The lowest BCUT2D eigenvalue weighted by molar-refractivity contribution is -0.117. The monoisotopic (exact) mass is 424 g/mol. The Morgan fingerprint density at radius 1 is 1.35 bits per heavy atom. The molecule has 0 spiro atoms. The quantitative estimate of drug-likeness (QED) is 0.611. The second-order valence-corrected chi connectivity index (χ2v) is 8.69. The molecule has 3 unspecified atom stereocenters. The molecule has 2 fully saturated rings. The smallest absolute Gasteiger partial charge is 0.245 e. The number of aromatic nitrogens is 1. The summed E-state index contributed by atoms with van der Waals surface area (Å²) in [4.78, 5) is 17.0. The normalized spacial score (nSPS) is 26.8. The second kappa shape index (κ2) is 9.15. The van der Waals surface area contributed by atoms with Crippen LogP contribution in [0.3, 0.4) is 0 Å². The van der Waals surface area contributed by atoms with E-state index in [1.54, 1.807) is 6.20 Å². The fraction of sp³-hybridized carbons (Fsp3) is 0.684. The summed E-state index contributed by atoms with van der Waals surface area (Å²) in [6.07, 6.45) is 8.02. The van der Waals surface area contributed by atoms with Crippen LogP contribution in [-0.2, 0) is 4.79 Å². The lowest BCUT2D eigenvalue weighted by Crippen LogP contribution is -2.42. The summed E-state index contributed by atoms with van der Waals surface area (Å²) in [5.74, 6) is 2.02. The fourth-order valence-corrected chi connectivity index (χ4v) is 4.77. The van der Waals surface area contributed by atoms with Gasteiger partial charge in [-0.25, -0.2) is 10.4 Å². The predicted molar refractivity (Wildman–Crippen MR) is 106 cm³/mol. The van der Waals surface area contributed by atoms with Gasteiger partial charge in [-0.1, -0.05) is 49.0 Å². The zero-order valence-corrected chi connectivity index (χ0v) is 17.1. The summed E-state index contributed by atoms with van der Waals surface area (Å²) in [6, 6.07) is 3.53. The summed E-state index contributed by atoms with van der Waals surface area (Å²) in [5, 5.41) is 2.92. The van der Waals surface area contributed by atoms with Gasteiger partial charge in [0.05, 0.1) is 11.4 Å². The van der Waals surface area contributed by atoms with Crippen molar-refractivity contribution in [2.75, 3.05) is 11.9 Å². The van der Waals surface area contributed by atoms with E-state index in [9.17, 15) is 4.79 Å². The van der Waals surface area contributed by atoms with E-state index >= 15 is 0 Å².